The Morgan fingerprint density at radius 3 is 2.54 bits per heavy atom. The van der Waals surface area contributed by atoms with Gasteiger partial charge in [0.05, 0.1) is 10.7 Å². The largest absolute Gasteiger partial charge is 0.456 e. The van der Waals surface area contributed by atoms with Crippen LogP contribution in [-0.2, 0) is 9.53 Å². The highest BCUT2D eigenvalue weighted by molar-refractivity contribution is 6.32. The van der Waals surface area contributed by atoms with E-state index in [1.165, 1.54) is 0 Å². The minimum absolute atomic E-state index is 0.00822. The number of nitrogens with one attached hydrogen (secondary N) is 1. The fraction of sp³-hybridized carbons (Fsp3) is 0.105. The average molecular weight is 402 g/mol. The van der Waals surface area contributed by atoms with Crippen molar-refractivity contribution in [1.82, 2.24) is 5.16 Å². The maximum atomic E-state index is 12.0. The normalized spacial score (nSPS) is 10.4. The summed E-state index contributed by atoms with van der Waals surface area (Å²) in [5.41, 5.74) is 6.30. The van der Waals surface area contributed by atoms with Crippen molar-refractivity contribution in [3.05, 3.63) is 64.8 Å². The molecule has 0 aliphatic rings. The molecule has 8 nitrogen and oxygen atoms in total. The molecule has 0 spiro atoms. The summed E-state index contributed by atoms with van der Waals surface area (Å²) in [5.74, 6) is -0.375. The van der Waals surface area contributed by atoms with Gasteiger partial charge in [0.25, 0.3) is 5.91 Å². The summed E-state index contributed by atoms with van der Waals surface area (Å²) in [6, 6.07) is 13.7. The third-order valence-electron chi connectivity index (χ3n) is 3.63. The molecule has 0 fully saturated rings. The number of rotatable bonds is 6. The maximum absolute atomic E-state index is 12.0. The minimum atomic E-state index is -0.783. The van der Waals surface area contributed by atoms with Gasteiger partial charge in [-0.25, -0.2) is 4.79 Å². The van der Waals surface area contributed by atoms with E-state index in [1.807, 2.05) is 6.07 Å². The lowest BCUT2D eigenvalue weighted by Gasteiger charge is -2.09. The standard InChI is InChI=1S/C19H16ClN3O5/c1-11-17(18(21)28-23-11)19(25)26-10-16(24)22-12-6-8-13(9-7-12)27-15-5-3-2-4-14(15)20/h2-9H,10,21H2,1H3,(H,22,24). The van der Waals surface area contributed by atoms with Crippen LogP contribution < -0.4 is 15.8 Å². The quantitative estimate of drug-likeness (QED) is 0.603. The summed E-state index contributed by atoms with van der Waals surface area (Å²) in [4.78, 5) is 23.9. The molecule has 144 valence electrons. The number of amides is 1. The van der Waals surface area contributed by atoms with Gasteiger partial charge in [-0.2, -0.15) is 0 Å². The molecule has 3 N–H and O–H groups in total. The van der Waals surface area contributed by atoms with E-state index in [0.717, 1.165) is 0 Å². The third kappa shape index (κ3) is 4.60. The molecule has 1 amide bonds. The number of anilines is 2. The molecule has 0 radical (unpaired) electrons. The van der Waals surface area contributed by atoms with Gasteiger partial charge in [-0.3, -0.25) is 4.79 Å². The monoisotopic (exact) mass is 401 g/mol. The lowest BCUT2D eigenvalue weighted by atomic mass is 10.2. The Morgan fingerprint density at radius 1 is 1.18 bits per heavy atom. The zero-order valence-corrected chi connectivity index (χ0v) is 15.5. The molecule has 2 aromatic carbocycles. The van der Waals surface area contributed by atoms with Crippen LogP contribution in [0.2, 0.25) is 5.02 Å². The fourth-order valence-electron chi connectivity index (χ4n) is 2.30. The maximum Gasteiger partial charge on any atom is 0.346 e. The van der Waals surface area contributed by atoms with E-state index in [4.69, 9.17) is 26.8 Å². The highest BCUT2D eigenvalue weighted by Crippen LogP contribution is 2.29. The second-order valence-corrected chi connectivity index (χ2v) is 6.10. The smallest absolute Gasteiger partial charge is 0.346 e. The first kappa shape index (κ1) is 19.2. The van der Waals surface area contributed by atoms with Gasteiger partial charge >= 0.3 is 5.97 Å². The van der Waals surface area contributed by atoms with Gasteiger partial charge < -0.3 is 25.0 Å². The topological polar surface area (TPSA) is 117 Å². The Hall–Kier alpha value is -3.52. The van der Waals surface area contributed by atoms with Crippen molar-refractivity contribution in [2.75, 3.05) is 17.7 Å². The summed E-state index contributed by atoms with van der Waals surface area (Å²) >= 11 is 6.05. The summed E-state index contributed by atoms with van der Waals surface area (Å²) < 4.78 is 15.3. The summed E-state index contributed by atoms with van der Waals surface area (Å²) in [6.07, 6.45) is 0. The predicted molar refractivity (Wildman–Crippen MR) is 103 cm³/mol. The molecule has 0 unspecified atom stereocenters. The van der Waals surface area contributed by atoms with Crippen molar-refractivity contribution in [3.63, 3.8) is 0 Å². The van der Waals surface area contributed by atoms with Gasteiger partial charge in [-0.1, -0.05) is 28.9 Å². The van der Waals surface area contributed by atoms with E-state index in [0.29, 0.717) is 22.2 Å². The Bertz CT molecular complexity index is 982. The zero-order chi connectivity index (χ0) is 20.1. The van der Waals surface area contributed by atoms with Gasteiger partial charge in [0.1, 0.15) is 17.1 Å². The SMILES string of the molecule is Cc1noc(N)c1C(=O)OCC(=O)Nc1ccc(Oc2ccccc2Cl)cc1. The molecule has 9 heteroatoms. The Kier molecular flexibility index (Phi) is 5.81. The van der Waals surface area contributed by atoms with E-state index in [2.05, 4.69) is 15.0 Å². The van der Waals surface area contributed by atoms with Crippen molar-refractivity contribution >= 4 is 35.0 Å². The first-order valence-electron chi connectivity index (χ1n) is 8.15. The van der Waals surface area contributed by atoms with E-state index < -0.39 is 18.5 Å². The van der Waals surface area contributed by atoms with Crippen LogP contribution in [0, 0.1) is 6.92 Å². The number of carbonyl (C=O) groups is 2. The fourth-order valence-corrected chi connectivity index (χ4v) is 2.47. The van der Waals surface area contributed by atoms with Crippen LogP contribution in [0.3, 0.4) is 0 Å². The van der Waals surface area contributed by atoms with Crippen molar-refractivity contribution in [3.8, 4) is 11.5 Å². The molecule has 0 aliphatic carbocycles. The number of nitrogens with zero attached hydrogens (tertiary/aromatic N) is 1. The number of aryl methyl sites for hydroxylation is 1. The van der Waals surface area contributed by atoms with Gasteiger partial charge in [-0.05, 0) is 43.3 Å². The molecule has 0 atom stereocenters. The number of nitrogen functional groups attached to an aromatic ring is 1. The highest BCUT2D eigenvalue weighted by Gasteiger charge is 2.20. The van der Waals surface area contributed by atoms with Crippen LogP contribution in [0.25, 0.3) is 0 Å². The summed E-state index contributed by atoms with van der Waals surface area (Å²) in [6.45, 7) is 1.06. The van der Waals surface area contributed by atoms with Gasteiger partial charge in [0.2, 0.25) is 5.88 Å². The van der Waals surface area contributed by atoms with Gasteiger partial charge in [-0.15, -0.1) is 0 Å². The molecular weight excluding hydrogens is 386 g/mol. The molecule has 28 heavy (non-hydrogen) atoms. The van der Waals surface area contributed by atoms with Crippen molar-refractivity contribution < 1.29 is 23.6 Å². The number of carbonyl (C=O) groups excluding carboxylic acids is 2. The number of hydrogen-bond acceptors (Lipinski definition) is 7. The van der Waals surface area contributed by atoms with E-state index in [1.54, 1.807) is 49.4 Å². The van der Waals surface area contributed by atoms with Crippen LogP contribution in [-0.4, -0.2) is 23.6 Å². The number of aromatic nitrogens is 1. The first-order valence-corrected chi connectivity index (χ1v) is 8.53. The summed E-state index contributed by atoms with van der Waals surface area (Å²) in [5, 5.41) is 6.65. The van der Waals surface area contributed by atoms with Crippen LogP contribution in [0.5, 0.6) is 11.5 Å². The number of benzene rings is 2. The van der Waals surface area contributed by atoms with Crippen LogP contribution in [0.4, 0.5) is 11.6 Å². The zero-order valence-electron chi connectivity index (χ0n) is 14.8. The Morgan fingerprint density at radius 2 is 1.89 bits per heavy atom. The van der Waals surface area contributed by atoms with Crippen LogP contribution in [0.1, 0.15) is 16.1 Å². The van der Waals surface area contributed by atoms with Crippen molar-refractivity contribution in [2.45, 2.75) is 6.92 Å². The number of para-hydroxylation sites is 1. The molecular formula is C19H16ClN3O5. The van der Waals surface area contributed by atoms with E-state index in [9.17, 15) is 9.59 Å². The highest BCUT2D eigenvalue weighted by atomic mass is 35.5. The number of esters is 1. The predicted octanol–water partition coefficient (Wildman–Crippen LogP) is 3.81. The van der Waals surface area contributed by atoms with Crippen LogP contribution >= 0.6 is 11.6 Å². The number of nitrogens with two attached hydrogens (primary N) is 1. The van der Waals surface area contributed by atoms with E-state index in [-0.39, 0.29) is 17.1 Å². The molecule has 1 heterocycles. The Labute approximate surface area is 165 Å². The summed E-state index contributed by atoms with van der Waals surface area (Å²) in [7, 11) is 0. The molecule has 0 saturated heterocycles. The number of hydrogen-bond donors (Lipinski definition) is 2. The lowest BCUT2D eigenvalue weighted by molar-refractivity contribution is -0.119. The average Bonchev–Trinajstić information content (AvgIpc) is 3.01. The minimum Gasteiger partial charge on any atom is -0.456 e. The molecule has 3 rings (SSSR count). The van der Waals surface area contributed by atoms with E-state index >= 15 is 0 Å². The Balaban J connectivity index is 1.53. The first-order chi connectivity index (χ1) is 13.4. The molecule has 0 saturated carbocycles. The number of ether oxygens (including phenoxy) is 2. The van der Waals surface area contributed by atoms with Gasteiger partial charge in [0.15, 0.2) is 6.61 Å². The third-order valence-corrected chi connectivity index (χ3v) is 3.94. The lowest BCUT2D eigenvalue weighted by Crippen LogP contribution is -2.21. The second kappa shape index (κ2) is 8.45. The second-order valence-electron chi connectivity index (χ2n) is 5.69. The molecule has 3 aromatic rings. The van der Waals surface area contributed by atoms with Crippen molar-refractivity contribution in [2.24, 2.45) is 0 Å². The molecule has 1 aromatic heterocycles. The van der Waals surface area contributed by atoms with Crippen LogP contribution in [0.15, 0.2) is 53.1 Å². The van der Waals surface area contributed by atoms with Gasteiger partial charge in [0, 0.05) is 5.69 Å². The molecule has 0 aliphatic heterocycles. The number of halogens is 1. The van der Waals surface area contributed by atoms with Crippen molar-refractivity contribution in [1.29, 1.82) is 0 Å². The molecule has 0 bridgehead atoms.